The Morgan fingerprint density at radius 2 is 2.16 bits per heavy atom. The summed E-state index contributed by atoms with van der Waals surface area (Å²) in [6.07, 6.45) is 3.02. The highest BCUT2D eigenvalue weighted by Gasteiger charge is 2.21. The zero-order valence-corrected chi connectivity index (χ0v) is 11.0. The van der Waals surface area contributed by atoms with Crippen LogP contribution in [0.25, 0.3) is 0 Å². The van der Waals surface area contributed by atoms with Crippen molar-refractivity contribution in [3.63, 3.8) is 0 Å². The molecule has 5 nitrogen and oxygen atoms in total. The number of carbonyl (C=O) groups is 2. The zero-order valence-electron chi connectivity index (χ0n) is 11.0. The summed E-state index contributed by atoms with van der Waals surface area (Å²) in [5.41, 5.74) is 7.09. The van der Waals surface area contributed by atoms with E-state index in [1.165, 1.54) is 0 Å². The summed E-state index contributed by atoms with van der Waals surface area (Å²) in [5, 5.41) is 6.06. The largest absolute Gasteiger partial charge is 0.366 e. The molecule has 0 spiro atoms. The van der Waals surface area contributed by atoms with E-state index in [1.54, 1.807) is 25.1 Å². The summed E-state index contributed by atoms with van der Waals surface area (Å²) in [6, 6.07) is 5.01. The molecule has 1 aromatic rings. The lowest BCUT2D eigenvalue weighted by Gasteiger charge is -2.23. The van der Waals surface area contributed by atoms with Crippen LogP contribution in [0.2, 0.25) is 0 Å². The van der Waals surface area contributed by atoms with Gasteiger partial charge in [0.25, 0.3) is 0 Å². The van der Waals surface area contributed by atoms with E-state index in [0.29, 0.717) is 16.8 Å². The van der Waals surface area contributed by atoms with Crippen LogP contribution in [-0.2, 0) is 4.79 Å². The molecule has 2 amide bonds. The third kappa shape index (κ3) is 3.12. The number of amides is 2. The second-order valence-corrected chi connectivity index (χ2v) is 4.83. The maximum atomic E-state index is 12.1. The maximum Gasteiger partial charge on any atom is 0.249 e. The molecule has 2 rings (SSSR count). The molecule has 1 saturated heterocycles. The second kappa shape index (κ2) is 5.84. The Labute approximate surface area is 112 Å². The SMILES string of the molecule is Cc1c(NC(=O)[C@@H]2CCCCN2)cccc1C(N)=O. The van der Waals surface area contributed by atoms with Crippen LogP contribution in [0.1, 0.15) is 35.2 Å². The van der Waals surface area contributed by atoms with Gasteiger partial charge in [0.2, 0.25) is 11.8 Å². The monoisotopic (exact) mass is 261 g/mol. The predicted molar refractivity (Wildman–Crippen MR) is 74.0 cm³/mol. The molecular formula is C14H19N3O2. The van der Waals surface area contributed by atoms with Crippen molar-refractivity contribution in [2.24, 2.45) is 5.73 Å². The maximum absolute atomic E-state index is 12.1. The van der Waals surface area contributed by atoms with E-state index in [9.17, 15) is 9.59 Å². The van der Waals surface area contributed by atoms with Crippen LogP contribution in [0, 0.1) is 6.92 Å². The predicted octanol–water partition coefficient (Wildman–Crippen LogP) is 1.17. The second-order valence-electron chi connectivity index (χ2n) is 4.83. The number of rotatable bonds is 3. The van der Waals surface area contributed by atoms with Crippen LogP contribution < -0.4 is 16.4 Å². The highest BCUT2D eigenvalue weighted by atomic mass is 16.2. The van der Waals surface area contributed by atoms with E-state index in [1.807, 2.05) is 0 Å². The lowest BCUT2D eigenvalue weighted by Crippen LogP contribution is -2.43. The van der Waals surface area contributed by atoms with Crippen molar-refractivity contribution in [3.8, 4) is 0 Å². The number of hydrogen-bond acceptors (Lipinski definition) is 3. The van der Waals surface area contributed by atoms with Crippen LogP contribution in [0.5, 0.6) is 0 Å². The Kier molecular flexibility index (Phi) is 4.16. The van der Waals surface area contributed by atoms with Gasteiger partial charge in [0.05, 0.1) is 6.04 Å². The van der Waals surface area contributed by atoms with Gasteiger partial charge in [-0.05, 0) is 44.0 Å². The fraction of sp³-hybridized carbons (Fsp3) is 0.429. The minimum Gasteiger partial charge on any atom is -0.366 e. The minimum absolute atomic E-state index is 0.0515. The molecule has 0 saturated carbocycles. The molecule has 1 heterocycles. The summed E-state index contributed by atoms with van der Waals surface area (Å²) in [6.45, 7) is 2.66. The number of nitrogens with two attached hydrogens (primary N) is 1. The van der Waals surface area contributed by atoms with Gasteiger partial charge in [0.15, 0.2) is 0 Å². The molecule has 0 aromatic heterocycles. The summed E-state index contributed by atoms with van der Waals surface area (Å²) < 4.78 is 0. The Bertz CT molecular complexity index is 493. The van der Waals surface area contributed by atoms with Crippen LogP contribution in [0.3, 0.4) is 0 Å². The first-order valence-corrected chi connectivity index (χ1v) is 6.53. The van der Waals surface area contributed by atoms with E-state index in [0.717, 1.165) is 25.8 Å². The van der Waals surface area contributed by atoms with Gasteiger partial charge in [-0.15, -0.1) is 0 Å². The number of carbonyl (C=O) groups excluding carboxylic acids is 2. The van der Waals surface area contributed by atoms with Crippen molar-refractivity contribution in [3.05, 3.63) is 29.3 Å². The quantitative estimate of drug-likeness (QED) is 0.763. The van der Waals surface area contributed by atoms with Gasteiger partial charge >= 0.3 is 0 Å². The Morgan fingerprint density at radius 3 is 2.79 bits per heavy atom. The molecular weight excluding hydrogens is 242 g/mol. The van der Waals surface area contributed by atoms with E-state index >= 15 is 0 Å². The molecule has 0 unspecified atom stereocenters. The number of piperidine rings is 1. The first-order valence-electron chi connectivity index (χ1n) is 6.53. The lowest BCUT2D eigenvalue weighted by molar-refractivity contribution is -0.118. The van der Waals surface area contributed by atoms with E-state index in [2.05, 4.69) is 10.6 Å². The fourth-order valence-corrected chi connectivity index (χ4v) is 2.33. The topological polar surface area (TPSA) is 84.2 Å². The van der Waals surface area contributed by atoms with Crippen molar-refractivity contribution in [2.75, 3.05) is 11.9 Å². The van der Waals surface area contributed by atoms with Gasteiger partial charge in [-0.2, -0.15) is 0 Å². The van der Waals surface area contributed by atoms with Gasteiger partial charge in [0, 0.05) is 11.3 Å². The molecule has 19 heavy (non-hydrogen) atoms. The number of primary amides is 1. The van der Waals surface area contributed by atoms with Crippen molar-refractivity contribution in [2.45, 2.75) is 32.2 Å². The summed E-state index contributed by atoms with van der Waals surface area (Å²) >= 11 is 0. The summed E-state index contributed by atoms with van der Waals surface area (Å²) in [4.78, 5) is 23.4. The molecule has 0 bridgehead atoms. The van der Waals surface area contributed by atoms with Crippen molar-refractivity contribution < 1.29 is 9.59 Å². The molecule has 1 atom stereocenters. The Balaban J connectivity index is 2.12. The number of anilines is 1. The van der Waals surface area contributed by atoms with E-state index in [-0.39, 0.29) is 11.9 Å². The highest BCUT2D eigenvalue weighted by molar-refractivity contribution is 5.99. The first kappa shape index (κ1) is 13.5. The summed E-state index contributed by atoms with van der Waals surface area (Å²) in [5.74, 6) is -0.534. The zero-order chi connectivity index (χ0) is 13.8. The molecule has 1 aliphatic rings. The molecule has 0 aliphatic carbocycles. The Hall–Kier alpha value is -1.88. The van der Waals surface area contributed by atoms with Crippen LogP contribution in [0.4, 0.5) is 5.69 Å². The van der Waals surface area contributed by atoms with Crippen molar-refractivity contribution in [1.29, 1.82) is 0 Å². The molecule has 5 heteroatoms. The minimum atomic E-state index is -0.482. The number of benzene rings is 1. The average molecular weight is 261 g/mol. The normalized spacial score (nSPS) is 18.9. The Morgan fingerprint density at radius 1 is 1.37 bits per heavy atom. The van der Waals surface area contributed by atoms with Crippen LogP contribution in [-0.4, -0.2) is 24.4 Å². The molecule has 4 N–H and O–H groups in total. The van der Waals surface area contributed by atoms with E-state index in [4.69, 9.17) is 5.73 Å². The van der Waals surface area contributed by atoms with Gasteiger partial charge in [-0.25, -0.2) is 0 Å². The third-order valence-corrected chi connectivity index (χ3v) is 3.48. The van der Waals surface area contributed by atoms with Gasteiger partial charge in [-0.1, -0.05) is 12.5 Å². The van der Waals surface area contributed by atoms with Crippen molar-refractivity contribution >= 4 is 17.5 Å². The first-order chi connectivity index (χ1) is 9.09. The van der Waals surface area contributed by atoms with E-state index < -0.39 is 5.91 Å². The summed E-state index contributed by atoms with van der Waals surface area (Å²) in [7, 11) is 0. The van der Waals surface area contributed by atoms with Gasteiger partial charge in [-0.3, -0.25) is 9.59 Å². The fourth-order valence-electron chi connectivity index (χ4n) is 2.33. The van der Waals surface area contributed by atoms with Gasteiger partial charge < -0.3 is 16.4 Å². The molecule has 102 valence electrons. The van der Waals surface area contributed by atoms with Crippen LogP contribution in [0.15, 0.2) is 18.2 Å². The standard InChI is InChI=1S/C14H19N3O2/c1-9-10(13(15)18)5-4-7-11(9)17-14(19)12-6-2-3-8-16-12/h4-5,7,12,16H,2-3,6,8H2,1H3,(H2,15,18)(H,17,19)/t12-/m0/s1. The molecule has 1 aromatic carbocycles. The highest BCUT2D eigenvalue weighted by Crippen LogP contribution is 2.19. The smallest absolute Gasteiger partial charge is 0.249 e. The van der Waals surface area contributed by atoms with Crippen LogP contribution >= 0.6 is 0 Å². The lowest BCUT2D eigenvalue weighted by atomic mass is 10.0. The van der Waals surface area contributed by atoms with Crippen molar-refractivity contribution in [1.82, 2.24) is 5.32 Å². The average Bonchev–Trinajstić information content (AvgIpc) is 2.41. The van der Waals surface area contributed by atoms with Gasteiger partial charge in [0.1, 0.15) is 0 Å². The number of nitrogens with one attached hydrogen (secondary N) is 2. The third-order valence-electron chi connectivity index (χ3n) is 3.48. The molecule has 0 radical (unpaired) electrons. The number of hydrogen-bond donors (Lipinski definition) is 3. The molecule has 1 fully saturated rings. The molecule has 1 aliphatic heterocycles.